The molecular formula is C2H7AsO. The van der Waals surface area contributed by atoms with E-state index in [-0.39, 0.29) is 0 Å². The second-order valence-corrected chi connectivity index (χ2v) is 1.15. The Morgan fingerprint density at radius 3 is 2.25 bits per heavy atom. The van der Waals surface area contributed by atoms with Crippen LogP contribution in [0.4, 0.5) is 0 Å². The van der Waals surface area contributed by atoms with Crippen LogP contribution in [0.3, 0.4) is 0 Å². The van der Waals surface area contributed by atoms with Crippen molar-refractivity contribution in [3.05, 3.63) is 0 Å². The van der Waals surface area contributed by atoms with Crippen LogP contribution < -0.4 is 0 Å². The van der Waals surface area contributed by atoms with Gasteiger partial charge in [0.2, 0.25) is 0 Å². The first-order valence-electron chi connectivity index (χ1n) is 1.23. The zero-order valence-electron chi connectivity index (χ0n) is 2.69. The summed E-state index contributed by atoms with van der Waals surface area (Å²) in [6.45, 7) is 2.82. The van der Waals surface area contributed by atoms with Crippen LogP contribution in [0.25, 0.3) is 0 Å². The van der Waals surface area contributed by atoms with Crippen LogP contribution in [0, 0.1) is 0 Å². The number of hydrogen-bond acceptors (Lipinski definition) is 1. The molecule has 0 aliphatic heterocycles. The average Bonchev–Trinajstić information content (AvgIpc) is 1.37. The second-order valence-electron chi connectivity index (χ2n) is 0.455. The topological polar surface area (TPSA) is 9.23 Å². The molecule has 0 aromatic rings. The van der Waals surface area contributed by atoms with E-state index < -0.39 is 0 Å². The van der Waals surface area contributed by atoms with Crippen molar-refractivity contribution < 1.29 is 3.73 Å². The van der Waals surface area contributed by atoms with Crippen LogP contribution in [0.1, 0.15) is 6.92 Å². The van der Waals surface area contributed by atoms with Gasteiger partial charge in [-0.2, -0.15) is 0 Å². The molecule has 0 aliphatic carbocycles. The molecule has 0 amide bonds. The van der Waals surface area contributed by atoms with E-state index in [0.717, 1.165) is 6.61 Å². The van der Waals surface area contributed by atoms with Crippen molar-refractivity contribution in [1.82, 2.24) is 0 Å². The van der Waals surface area contributed by atoms with Gasteiger partial charge in [0.15, 0.2) is 0 Å². The molecule has 0 aromatic carbocycles. The summed E-state index contributed by atoms with van der Waals surface area (Å²) in [6.07, 6.45) is 0. The minimum atomic E-state index is 0.847. The molecule has 4 heavy (non-hydrogen) atoms. The Morgan fingerprint density at radius 2 is 2.25 bits per heavy atom. The Hall–Kier alpha value is 0.518. The van der Waals surface area contributed by atoms with Crippen molar-refractivity contribution in [3.8, 4) is 0 Å². The number of rotatable bonds is 1. The van der Waals surface area contributed by atoms with Gasteiger partial charge in [-0.25, -0.2) is 0 Å². The summed E-state index contributed by atoms with van der Waals surface area (Å²) in [5.41, 5.74) is 0. The van der Waals surface area contributed by atoms with Gasteiger partial charge in [0.25, 0.3) is 0 Å². The molecule has 0 aromatic heterocycles. The standard InChI is InChI=1S/C2H7AsO/c1-2-4-3/h2-3H2,1H3. The van der Waals surface area contributed by atoms with Crippen molar-refractivity contribution >= 4 is 17.2 Å². The zero-order valence-corrected chi connectivity index (χ0v) is 5.12. The minimum absolute atomic E-state index is 0.847. The summed E-state index contributed by atoms with van der Waals surface area (Å²) in [6, 6.07) is 0. The molecule has 0 heterocycles. The van der Waals surface area contributed by atoms with Gasteiger partial charge in [0.1, 0.15) is 0 Å². The molecule has 1 nitrogen and oxygen atoms in total. The first-order chi connectivity index (χ1) is 1.91. The van der Waals surface area contributed by atoms with Gasteiger partial charge in [-0.05, 0) is 0 Å². The van der Waals surface area contributed by atoms with Crippen molar-refractivity contribution in [2.75, 3.05) is 6.61 Å². The van der Waals surface area contributed by atoms with Gasteiger partial charge < -0.3 is 0 Å². The summed E-state index contributed by atoms with van der Waals surface area (Å²) in [5.74, 6) is 0. The third-order valence-corrected chi connectivity index (χ3v) is 0.866. The molecule has 0 saturated heterocycles. The first kappa shape index (κ1) is 4.52. The van der Waals surface area contributed by atoms with Crippen LogP contribution in [-0.4, -0.2) is 23.8 Å². The Labute approximate surface area is 35.2 Å². The average molecular weight is 122 g/mol. The molecule has 0 spiro atoms. The van der Waals surface area contributed by atoms with E-state index in [1.54, 1.807) is 0 Å². The van der Waals surface area contributed by atoms with Crippen molar-refractivity contribution in [1.29, 1.82) is 0 Å². The summed E-state index contributed by atoms with van der Waals surface area (Å²) in [7, 11) is 0. The molecular weight excluding hydrogens is 115 g/mol. The zero-order chi connectivity index (χ0) is 3.41. The Bertz CT molecular complexity index is 8.00. The normalized spacial score (nSPS) is 7.50. The predicted octanol–water partition coefficient (Wildman–Crippen LogP) is -0.429. The van der Waals surface area contributed by atoms with E-state index in [1.165, 1.54) is 17.2 Å². The van der Waals surface area contributed by atoms with Crippen LogP contribution in [0.5, 0.6) is 0 Å². The molecule has 0 bridgehead atoms. The van der Waals surface area contributed by atoms with Crippen molar-refractivity contribution in [3.63, 3.8) is 0 Å². The first-order valence-corrected chi connectivity index (χ1v) is 2.22. The van der Waals surface area contributed by atoms with Gasteiger partial charge in [-0.3, -0.25) is 0 Å². The molecule has 1 unspecified atom stereocenters. The van der Waals surface area contributed by atoms with Crippen LogP contribution in [-0.2, 0) is 3.73 Å². The molecule has 0 radical (unpaired) electrons. The van der Waals surface area contributed by atoms with Gasteiger partial charge in [-0.15, -0.1) is 0 Å². The SMILES string of the molecule is CCO[AsH2]. The van der Waals surface area contributed by atoms with Crippen molar-refractivity contribution in [2.24, 2.45) is 0 Å². The maximum absolute atomic E-state index is 4.60. The predicted molar refractivity (Wildman–Crippen MR) is 20.2 cm³/mol. The van der Waals surface area contributed by atoms with Crippen LogP contribution >= 0.6 is 0 Å². The fourth-order valence-corrected chi connectivity index (χ4v) is 0. The van der Waals surface area contributed by atoms with Gasteiger partial charge in [-0.1, -0.05) is 0 Å². The molecule has 0 saturated carbocycles. The van der Waals surface area contributed by atoms with E-state index in [0.29, 0.717) is 0 Å². The summed E-state index contributed by atoms with van der Waals surface area (Å²) >= 11 is 1.32. The molecule has 2 heteroatoms. The summed E-state index contributed by atoms with van der Waals surface area (Å²) < 4.78 is 4.60. The van der Waals surface area contributed by atoms with E-state index in [9.17, 15) is 0 Å². The van der Waals surface area contributed by atoms with E-state index in [1.807, 2.05) is 6.92 Å². The van der Waals surface area contributed by atoms with Gasteiger partial charge in [0.05, 0.1) is 0 Å². The molecule has 26 valence electrons. The fraction of sp³-hybridized carbons (Fsp3) is 1.00. The number of hydrogen-bond donors (Lipinski definition) is 0. The van der Waals surface area contributed by atoms with Crippen molar-refractivity contribution in [2.45, 2.75) is 6.92 Å². The Kier molecular flexibility index (Phi) is 3.97. The van der Waals surface area contributed by atoms with Gasteiger partial charge in [0, 0.05) is 0 Å². The monoisotopic (exact) mass is 122 g/mol. The van der Waals surface area contributed by atoms with E-state index in [2.05, 4.69) is 3.73 Å². The molecule has 0 N–H and O–H groups in total. The molecule has 0 aliphatic rings. The van der Waals surface area contributed by atoms with Gasteiger partial charge >= 0.3 is 34.5 Å². The Balaban J connectivity index is 1.97. The summed E-state index contributed by atoms with van der Waals surface area (Å²) in [5, 5.41) is 0. The second kappa shape index (κ2) is 3.52. The Morgan fingerprint density at radius 1 is 2.00 bits per heavy atom. The molecule has 0 rings (SSSR count). The van der Waals surface area contributed by atoms with Crippen LogP contribution in [0.15, 0.2) is 0 Å². The quantitative estimate of drug-likeness (QED) is 0.429. The van der Waals surface area contributed by atoms with E-state index >= 15 is 0 Å². The maximum atomic E-state index is 4.60. The molecule has 0 fully saturated rings. The third kappa shape index (κ3) is 2.52. The third-order valence-electron chi connectivity index (χ3n) is 0.167. The molecule has 1 atom stereocenters. The summed E-state index contributed by atoms with van der Waals surface area (Å²) in [4.78, 5) is 0. The fourth-order valence-electron chi connectivity index (χ4n) is 0. The van der Waals surface area contributed by atoms with Crippen LogP contribution in [0.2, 0.25) is 0 Å². The van der Waals surface area contributed by atoms with E-state index in [4.69, 9.17) is 0 Å².